The van der Waals surface area contributed by atoms with E-state index in [0.717, 1.165) is 43.1 Å². The Morgan fingerprint density at radius 1 is 1.44 bits per heavy atom. The van der Waals surface area contributed by atoms with Gasteiger partial charge in [-0.15, -0.1) is 11.3 Å². The predicted molar refractivity (Wildman–Crippen MR) is 63.6 cm³/mol. The van der Waals surface area contributed by atoms with E-state index in [-0.39, 0.29) is 6.10 Å². The molecule has 0 atom stereocenters. The van der Waals surface area contributed by atoms with Crippen LogP contribution in [0.5, 0.6) is 0 Å². The number of piperidine rings is 1. The standard InChI is InChI=1S/C11H15N3OS/c15-10-1-3-13(4-2-10)7-9-8-14-5-6-16-11(14)12-9/h5-6,8,10,15H,1-4,7H2. The molecule has 0 bridgehead atoms. The average molecular weight is 237 g/mol. The van der Waals surface area contributed by atoms with Gasteiger partial charge in [0.05, 0.1) is 11.8 Å². The molecule has 3 heterocycles. The molecule has 0 spiro atoms. The molecule has 0 aliphatic carbocycles. The van der Waals surface area contributed by atoms with Crippen LogP contribution < -0.4 is 0 Å². The molecule has 1 N–H and O–H groups in total. The van der Waals surface area contributed by atoms with Crippen molar-refractivity contribution in [1.29, 1.82) is 0 Å². The summed E-state index contributed by atoms with van der Waals surface area (Å²) in [5.41, 5.74) is 1.13. The Kier molecular flexibility index (Phi) is 2.67. The summed E-state index contributed by atoms with van der Waals surface area (Å²) in [5, 5.41) is 11.5. The molecule has 86 valence electrons. The number of aromatic nitrogens is 2. The Labute approximate surface area is 98.1 Å². The third kappa shape index (κ3) is 1.98. The van der Waals surface area contributed by atoms with Crippen LogP contribution >= 0.6 is 11.3 Å². The molecule has 0 amide bonds. The quantitative estimate of drug-likeness (QED) is 0.857. The van der Waals surface area contributed by atoms with Gasteiger partial charge in [0.25, 0.3) is 0 Å². The highest BCUT2D eigenvalue weighted by Gasteiger charge is 2.17. The van der Waals surface area contributed by atoms with Crippen LogP contribution in [0.25, 0.3) is 4.96 Å². The van der Waals surface area contributed by atoms with Crippen LogP contribution in [0.1, 0.15) is 18.5 Å². The van der Waals surface area contributed by atoms with Crippen LogP contribution in [0.3, 0.4) is 0 Å². The number of aliphatic hydroxyl groups is 1. The normalized spacial score (nSPS) is 19.6. The van der Waals surface area contributed by atoms with Crippen LogP contribution in [0.15, 0.2) is 17.8 Å². The van der Waals surface area contributed by atoms with Crippen molar-refractivity contribution in [2.45, 2.75) is 25.5 Å². The summed E-state index contributed by atoms with van der Waals surface area (Å²) < 4.78 is 2.07. The molecule has 0 unspecified atom stereocenters. The van der Waals surface area contributed by atoms with Crippen LogP contribution in [0.2, 0.25) is 0 Å². The lowest BCUT2D eigenvalue weighted by molar-refractivity contribution is 0.0787. The summed E-state index contributed by atoms with van der Waals surface area (Å²) in [6.07, 6.45) is 5.82. The summed E-state index contributed by atoms with van der Waals surface area (Å²) in [6, 6.07) is 0. The fraction of sp³-hybridized carbons (Fsp3) is 0.545. The van der Waals surface area contributed by atoms with Crippen LogP contribution in [0.4, 0.5) is 0 Å². The van der Waals surface area contributed by atoms with E-state index in [1.807, 2.05) is 11.6 Å². The number of hydrogen-bond donors (Lipinski definition) is 1. The van der Waals surface area contributed by atoms with Crippen molar-refractivity contribution in [3.8, 4) is 0 Å². The lowest BCUT2D eigenvalue weighted by Gasteiger charge is -2.28. The van der Waals surface area contributed by atoms with E-state index in [9.17, 15) is 5.11 Å². The zero-order chi connectivity index (χ0) is 11.0. The Hall–Kier alpha value is -0.910. The minimum Gasteiger partial charge on any atom is -0.393 e. The maximum absolute atomic E-state index is 9.43. The van der Waals surface area contributed by atoms with Crippen molar-refractivity contribution in [2.75, 3.05) is 13.1 Å². The second kappa shape index (κ2) is 4.16. The number of fused-ring (bicyclic) bond motifs is 1. The Bertz CT molecular complexity index is 442. The molecule has 0 radical (unpaired) electrons. The third-order valence-electron chi connectivity index (χ3n) is 3.09. The van der Waals surface area contributed by atoms with Gasteiger partial charge in [-0.3, -0.25) is 9.30 Å². The summed E-state index contributed by atoms with van der Waals surface area (Å²) in [7, 11) is 0. The molecular weight excluding hydrogens is 222 g/mol. The monoisotopic (exact) mass is 237 g/mol. The van der Waals surface area contributed by atoms with Crippen LogP contribution in [0, 0.1) is 0 Å². The number of imidazole rings is 1. The molecule has 16 heavy (non-hydrogen) atoms. The van der Waals surface area contributed by atoms with Crippen molar-refractivity contribution < 1.29 is 5.11 Å². The number of rotatable bonds is 2. The summed E-state index contributed by atoms with van der Waals surface area (Å²) in [5.74, 6) is 0. The lowest BCUT2D eigenvalue weighted by atomic mass is 10.1. The van der Waals surface area contributed by atoms with Crippen LogP contribution in [-0.4, -0.2) is 38.6 Å². The van der Waals surface area contributed by atoms with Gasteiger partial charge in [-0.2, -0.15) is 0 Å². The number of hydrogen-bond acceptors (Lipinski definition) is 4. The first-order valence-corrected chi connectivity index (χ1v) is 6.51. The first-order chi connectivity index (χ1) is 7.81. The highest BCUT2D eigenvalue weighted by molar-refractivity contribution is 7.15. The first-order valence-electron chi connectivity index (χ1n) is 5.63. The number of aliphatic hydroxyl groups excluding tert-OH is 1. The first kappa shape index (κ1) is 10.3. The van der Waals surface area contributed by atoms with E-state index in [4.69, 9.17) is 0 Å². The Balaban J connectivity index is 1.68. The molecule has 2 aromatic heterocycles. The maximum Gasteiger partial charge on any atom is 0.193 e. The zero-order valence-corrected chi connectivity index (χ0v) is 9.86. The molecule has 2 aromatic rings. The van der Waals surface area contributed by atoms with Gasteiger partial charge in [0.2, 0.25) is 0 Å². The third-order valence-corrected chi connectivity index (χ3v) is 3.86. The highest BCUT2D eigenvalue weighted by atomic mass is 32.1. The molecule has 1 aliphatic heterocycles. The topological polar surface area (TPSA) is 40.8 Å². The molecule has 0 aromatic carbocycles. The summed E-state index contributed by atoms with van der Waals surface area (Å²) in [6.45, 7) is 2.86. The zero-order valence-electron chi connectivity index (χ0n) is 9.04. The van der Waals surface area contributed by atoms with Gasteiger partial charge >= 0.3 is 0 Å². The van der Waals surface area contributed by atoms with Crippen molar-refractivity contribution in [1.82, 2.24) is 14.3 Å². The molecule has 3 rings (SSSR count). The molecule has 1 aliphatic rings. The summed E-state index contributed by atoms with van der Waals surface area (Å²) in [4.78, 5) is 7.99. The van der Waals surface area contributed by atoms with Crippen LogP contribution in [-0.2, 0) is 6.54 Å². The van der Waals surface area contributed by atoms with E-state index in [1.54, 1.807) is 11.3 Å². The second-order valence-electron chi connectivity index (χ2n) is 4.33. The van der Waals surface area contributed by atoms with Gasteiger partial charge in [-0.05, 0) is 12.8 Å². The van der Waals surface area contributed by atoms with Gasteiger partial charge in [-0.25, -0.2) is 4.98 Å². The largest absolute Gasteiger partial charge is 0.393 e. The number of nitrogens with zero attached hydrogens (tertiary/aromatic N) is 3. The molecule has 0 saturated carbocycles. The highest BCUT2D eigenvalue weighted by Crippen LogP contribution is 2.16. The maximum atomic E-state index is 9.43. The van der Waals surface area contributed by atoms with Crippen molar-refractivity contribution in [2.24, 2.45) is 0 Å². The van der Waals surface area contributed by atoms with Gasteiger partial charge in [0, 0.05) is 37.4 Å². The van der Waals surface area contributed by atoms with Gasteiger partial charge in [0.1, 0.15) is 0 Å². The number of thiazole rings is 1. The number of likely N-dealkylation sites (tertiary alicyclic amines) is 1. The van der Waals surface area contributed by atoms with E-state index < -0.39 is 0 Å². The fourth-order valence-corrected chi connectivity index (χ4v) is 2.88. The fourth-order valence-electron chi connectivity index (χ4n) is 2.16. The minimum atomic E-state index is -0.0956. The average Bonchev–Trinajstić information content (AvgIpc) is 2.81. The SMILES string of the molecule is OC1CCN(Cc2cn3ccsc3n2)CC1. The minimum absolute atomic E-state index is 0.0956. The molecular formula is C11H15N3OS. The predicted octanol–water partition coefficient (Wildman–Crippen LogP) is 1.35. The van der Waals surface area contributed by atoms with Crippen molar-refractivity contribution in [3.63, 3.8) is 0 Å². The lowest BCUT2D eigenvalue weighted by Crippen LogP contribution is -2.35. The van der Waals surface area contributed by atoms with E-state index in [2.05, 4.69) is 20.5 Å². The molecule has 4 nitrogen and oxygen atoms in total. The Morgan fingerprint density at radius 3 is 3.00 bits per heavy atom. The van der Waals surface area contributed by atoms with E-state index in [1.165, 1.54) is 0 Å². The van der Waals surface area contributed by atoms with E-state index in [0.29, 0.717) is 0 Å². The van der Waals surface area contributed by atoms with Gasteiger partial charge < -0.3 is 5.11 Å². The van der Waals surface area contributed by atoms with Crippen molar-refractivity contribution in [3.05, 3.63) is 23.5 Å². The van der Waals surface area contributed by atoms with E-state index >= 15 is 0 Å². The summed E-state index contributed by atoms with van der Waals surface area (Å²) >= 11 is 1.66. The van der Waals surface area contributed by atoms with Crippen molar-refractivity contribution >= 4 is 16.3 Å². The molecule has 1 fully saturated rings. The van der Waals surface area contributed by atoms with Gasteiger partial charge in [-0.1, -0.05) is 0 Å². The Morgan fingerprint density at radius 2 is 2.25 bits per heavy atom. The molecule has 1 saturated heterocycles. The second-order valence-corrected chi connectivity index (χ2v) is 5.21. The molecule has 5 heteroatoms. The smallest absolute Gasteiger partial charge is 0.193 e. The van der Waals surface area contributed by atoms with Gasteiger partial charge in [0.15, 0.2) is 4.96 Å².